The molecule has 4 heteroatoms. The molecule has 1 N–H and O–H groups in total. The van der Waals surface area contributed by atoms with E-state index in [1.807, 2.05) is 13.8 Å². The number of hydrogen-bond donors (Lipinski definition) is 1. The van der Waals surface area contributed by atoms with Gasteiger partial charge >= 0.3 is 5.97 Å². The standard InChI is InChI=1S/C15H23IO3/c1-3-13(2,16)12(17)19-15-7-10-4-11(8-15)6-14(18,5-10)9-15/h10-11,18H,3-9H2,1-2H3. The average molecular weight is 378 g/mol. The van der Waals surface area contributed by atoms with Gasteiger partial charge in [0.1, 0.15) is 9.02 Å². The minimum absolute atomic E-state index is 0.0962. The van der Waals surface area contributed by atoms with Crippen molar-refractivity contribution in [2.24, 2.45) is 11.8 Å². The van der Waals surface area contributed by atoms with Gasteiger partial charge in [0.25, 0.3) is 0 Å². The highest BCUT2D eigenvalue weighted by molar-refractivity contribution is 14.1. The largest absolute Gasteiger partial charge is 0.458 e. The first kappa shape index (κ1) is 14.1. The smallest absolute Gasteiger partial charge is 0.322 e. The van der Waals surface area contributed by atoms with Crippen molar-refractivity contribution in [2.75, 3.05) is 0 Å². The Morgan fingerprint density at radius 3 is 2.42 bits per heavy atom. The topological polar surface area (TPSA) is 46.5 Å². The molecule has 3 unspecified atom stereocenters. The average Bonchev–Trinajstić information content (AvgIpc) is 2.24. The molecular weight excluding hydrogens is 355 g/mol. The second-order valence-electron chi connectivity index (χ2n) is 7.31. The van der Waals surface area contributed by atoms with E-state index in [0.29, 0.717) is 18.3 Å². The summed E-state index contributed by atoms with van der Waals surface area (Å²) in [5, 5.41) is 10.6. The molecule has 0 saturated heterocycles. The zero-order valence-electron chi connectivity index (χ0n) is 11.7. The molecule has 0 amide bonds. The van der Waals surface area contributed by atoms with Crippen molar-refractivity contribution in [1.29, 1.82) is 0 Å². The van der Waals surface area contributed by atoms with Crippen LogP contribution in [0.3, 0.4) is 0 Å². The summed E-state index contributed by atoms with van der Waals surface area (Å²) in [7, 11) is 0. The molecule has 4 saturated carbocycles. The molecule has 4 aliphatic rings. The second-order valence-corrected chi connectivity index (χ2v) is 9.69. The van der Waals surface area contributed by atoms with Crippen molar-refractivity contribution in [2.45, 2.75) is 73.4 Å². The van der Waals surface area contributed by atoms with Gasteiger partial charge in [-0.15, -0.1) is 0 Å². The number of halogens is 1. The maximum absolute atomic E-state index is 12.4. The number of esters is 1. The fourth-order valence-corrected chi connectivity index (χ4v) is 4.81. The van der Waals surface area contributed by atoms with E-state index in [1.165, 1.54) is 6.42 Å². The quantitative estimate of drug-likeness (QED) is 0.466. The predicted molar refractivity (Wildman–Crippen MR) is 81.2 cm³/mol. The fourth-order valence-electron chi connectivity index (χ4n) is 4.70. The van der Waals surface area contributed by atoms with Crippen molar-refractivity contribution in [3.63, 3.8) is 0 Å². The summed E-state index contributed by atoms with van der Waals surface area (Å²) >= 11 is 2.19. The van der Waals surface area contributed by atoms with Crippen molar-refractivity contribution >= 4 is 28.6 Å². The maximum Gasteiger partial charge on any atom is 0.322 e. The van der Waals surface area contributed by atoms with Crippen LogP contribution < -0.4 is 0 Å². The third-order valence-corrected chi connectivity index (χ3v) is 6.58. The molecule has 19 heavy (non-hydrogen) atoms. The van der Waals surface area contributed by atoms with Crippen molar-refractivity contribution in [3.05, 3.63) is 0 Å². The number of carbonyl (C=O) groups is 1. The van der Waals surface area contributed by atoms with Crippen LogP contribution >= 0.6 is 22.6 Å². The monoisotopic (exact) mass is 378 g/mol. The molecule has 0 aromatic carbocycles. The first-order valence-corrected chi connectivity index (χ1v) is 8.49. The summed E-state index contributed by atoms with van der Waals surface area (Å²) in [6.45, 7) is 3.95. The van der Waals surface area contributed by atoms with Gasteiger partial charge in [0.2, 0.25) is 0 Å². The van der Waals surface area contributed by atoms with E-state index in [2.05, 4.69) is 22.6 Å². The lowest BCUT2D eigenvalue weighted by molar-refractivity contribution is -0.220. The molecule has 4 bridgehead atoms. The molecule has 3 nitrogen and oxygen atoms in total. The van der Waals surface area contributed by atoms with Crippen LogP contribution in [0, 0.1) is 11.8 Å². The van der Waals surface area contributed by atoms with Gasteiger partial charge in [0, 0.05) is 6.42 Å². The van der Waals surface area contributed by atoms with E-state index in [0.717, 1.165) is 32.1 Å². The Morgan fingerprint density at radius 1 is 1.37 bits per heavy atom. The van der Waals surface area contributed by atoms with E-state index < -0.39 is 9.02 Å². The SMILES string of the molecule is CCC(C)(I)C(=O)OC12CC3CC(CC(O)(C3)C1)C2. The van der Waals surface area contributed by atoms with Crippen LogP contribution in [-0.4, -0.2) is 25.7 Å². The molecule has 3 atom stereocenters. The van der Waals surface area contributed by atoms with Gasteiger partial charge in [-0.05, 0) is 57.3 Å². The first-order valence-electron chi connectivity index (χ1n) is 7.41. The van der Waals surface area contributed by atoms with Gasteiger partial charge in [0.15, 0.2) is 0 Å². The Balaban J connectivity index is 1.79. The Morgan fingerprint density at radius 2 is 1.95 bits per heavy atom. The molecule has 0 aromatic heterocycles. The lowest BCUT2D eigenvalue weighted by atomic mass is 9.52. The number of aliphatic hydroxyl groups is 1. The highest BCUT2D eigenvalue weighted by Gasteiger charge is 2.59. The number of alkyl halides is 1. The summed E-state index contributed by atoms with van der Waals surface area (Å²) in [6, 6.07) is 0. The van der Waals surface area contributed by atoms with Gasteiger partial charge in [-0.1, -0.05) is 29.5 Å². The third kappa shape index (κ3) is 2.43. The minimum Gasteiger partial charge on any atom is -0.458 e. The van der Waals surface area contributed by atoms with E-state index in [1.54, 1.807) is 0 Å². The molecule has 0 aliphatic heterocycles. The highest BCUT2D eigenvalue weighted by atomic mass is 127. The van der Waals surface area contributed by atoms with Gasteiger partial charge in [-0.3, -0.25) is 4.79 Å². The van der Waals surface area contributed by atoms with E-state index in [9.17, 15) is 9.90 Å². The van der Waals surface area contributed by atoms with Crippen LogP contribution in [-0.2, 0) is 9.53 Å². The van der Waals surface area contributed by atoms with Crippen LogP contribution in [0.5, 0.6) is 0 Å². The number of ether oxygens (including phenoxy) is 1. The zero-order chi connectivity index (χ0) is 13.9. The van der Waals surface area contributed by atoms with E-state index in [4.69, 9.17) is 4.74 Å². The van der Waals surface area contributed by atoms with Gasteiger partial charge in [0.05, 0.1) is 5.60 Å². The highest BCUT2D eigenvalue weighted by Crippen LogP contribution is 2.59. The van der Waals surface area contributed by atoms with E-state index >= 15 is 0 Å². The predicted octanol–water partition coefficient (Wildman–Crippen LogP) is 3.22. The Hall–Kier alpha value is 0.160. The Labute approximate surface area is 128 Å². The molecule has 108 valence electrons. The second kappa shape index (κ2) is 4.33. The van der Waals surface area contributed by atoms with Gasteiger partial charge in [-0.25, -0.2) is 0 Å². The summed E-state index contributed by atoms with van der Waals surface area (Å²) in [6.07, 6.45) is 6.42. The molecule has 0 radical (unpaired) electrons. The molecule has 0 spiro atoms. The van der Waals surface area contributed by atoms with Crippen LogP contribution in [0.2, 0.25) is 0 Å². The first-order chi connectivity index (χ1) is 8.76. The fraction of sp³-hybridized carbons (Fsp3) is 0.933. The maximum atomic E-state index is 12.4. The number of carbonyl (C=O) groups excluding carboxylic acids is 1. The molecule has 4 aliphatic carbocycles. The van der Waals surface area contributed by atoms with Crippen LogP contribution in [0.4, 0.5) is 0 Å². The van der Waals surface area contributed by atoms with Gasteiger partial charge in [-0.2, -0.15) is 0 Å². The number of rotatable bonds is 3. The molecule has 0 heterocycles. The number of hydrogen-bond acceptors (Lipinski definition) is 3. The lowest BCUT2D eigenvalue weighted by Gasteiger charge is -2.59. The zero-order valence-corrected chi connectivity index (χ0v) is 13.9. The normalized spacial score (nSPS) is 46.9. The van der Waals surface area contributed by atoms with Crippen LogP contribution in [0.15, 0.2) is 0 Å². The molecule has 4 fully saturated rings. The molecular formula is C15H23IO3. The third-order valence-electron chi connectivity index (χ3n) is 5.38. The summed E-state index contributed by atoms with van der Waals surface area (Å²) in [4.78, 5) is 12.4. The van der Waals surface area contributed by atoms with Crippen LogP contribution in [0.1, 0.15) is 58.8 Å². The van der Waals surface area contributed by atoms with Crippen LogP contribution in [0.25, 0.3) is 0 Å². The Kier molecular flexibility index (Phi) is 3.21. The van der Waals surface area contributed by atoms with Crippen molar-refractivity contribution in [1.82, 2.24) is 0 Å². The van der Waals surface area contributed by atoms with Crippen molar-refractivity contribution in [3.8, 4) is 0 Å². The molecule has 0 aromatic rings. The summed E-state index contributed by atoms with van der Waals surface area (Å²) < 4.78 is 5.52. The van der Waals surface area contributed by atoms with Gasteiger partial charge < -0.3 is 9.84 Å². The summed E-state index contributed by atoms with van der Waals surface area (Å²) in [5.74, 6) is 1.02. The van der Waals surface area contributed by atoms with Crippen molar-refractivity contribution < 1.29 is 14.6 Å². The minimum atomic E-state index is -0.557. The lowest BCUT2D eigenvalue weighted by Crippen LogP contribution is -2.61. The molecule has 4 rings (SSSR count). The Bertz CT molecular complexity index is 390. The van der Waals surface area contributed by atoms with E-state index in [-0.39, 0.29) is 11.6 Å². The summed E-state index contributed by atoms with van der Waals surface area (Å²) in [5.41, 5.74) is -0.921.